The summed E-state index contributed by atoms with van der Waals surface area (Å²) in [5.74, 6) is 0.162. The van der Waals surface area contributed by atoms with E-state index in [0.717, 1.165) is 23.8 Å². The minimum absolute atomic E-state index is 0.00667. The van der Waals surface area contributed by atoms with Gasteiger partial charge in [0.25, 0.3) is 0 Å². The van der Waals surface area contributed by atoms with Gasteiger partial charge in [-0.3, -0.25) is 0 Å². The van der Waals surface area contributed by atoms with E-state index in [0.29, 0.717) is 13.9 Å². The fourth-order valence-electron chi connectivity index (χ4n) is 1.52. The van der Waals surface area contributed by atoms with Crippen molar-refractivity contribution in [3.05, 3.63) is 12.4 Å². The molecule has 2 aromatic heterocycles. The molecule has 0 spiro atoms. The Hall–Kier alpha value is -1.46. The Morgan fingerprint density at radius 3 is 2.21 bits per heavy atom. The van der Waals surface area contributed by atoms with Crippen LogP contribution in [-0.2, 0) is 20.0 Å². The normalized spacial score (nSPS) is 12.7. The van der Waals surface area contributed by atoms with Gasteiger partial charge in [0.15, 0.2) is 0 Å². The lowest BCUT2D eigenvalue weighted by molar-refractivity contribution is 0.591. The van der Waals surface area contributed by atoms with Crippen LogP contribution in [0.25, 0.3) is 10.2 Å². The molecule has 11 heteroatoms. The lowest BCUT2D eigenvalue weighted by atomic mass is 10.4. The number of hydrogen-bond acceptors (Lipinski definition) is 8. The Bertz CT molecular complexity index is 808. The van der Waals surface area contributed by atoms with Crippen molar-refractivity contribution in [3.8, 4) is 0 Å². The van der Waals surface area contributed by atoms with Crippen molar-refractivity contribution in [2.75, 3.05) is 22.0 Å². The average molecular weight is 322 g/mol. The van der Waals surface area contributed by atoms with E-state index in [9.17, 15) is 16.8 Å². The highest BCUT2D eigenvalue weighted by Crippen LogP contribution is 2.35. The molecule has 0 fully saturated rings. The monoisotopic (exact) mass is 322 g/mol. The maximum atomic E-state index is 11.6. The average Bonchev–Trinajstić information content (AvgIpc) is 2.57. The highest BCUT2D eigenvalue weighted by Gasteiger charge is 2.29. The minimum atomic E-state index is -3.97. The summed E-state index contributed by atoms with van der Waals surface area (Å²) in [6, 6.07) is 1.34. The summed E-state index contributed by atoms with van der Waals surface area (Å²) in [6.07, 6.45) is 2.85. The van der Waals surface area contributed by atoms with Crippen LogP contribution < -0.4 is 9.44 Å². The molecular weight excluding hydrogens is 312 g/mol. The van der Waals surface area contributed by atoms with E-state index in [1.807, 2.05) is 0 Å². The fourth-order valence-corrected chi connectivity index (χ4v) is 6.11. The molecule has 0 aromatic carbocycles. The maximum absolute atomic E-state index is 11.6. The number of nitrogens with two attached hydrogens (primary N) is 1. The first-order valence-electron chi connectivity index (χ1n) is 4.81. The van der Waals surface area contributed by atoms with Gasteiger partial charge in [-0.2, -0.15) is 3.71 Å². The van der Waals surface area contributed by atoms with Gasteiger partial charge < -0.3 is 5.73 Å². The van der Waals surface area contributed by atoms with Gasteiger partial charge in [-0.05, 0) is 6.07 Å². The Morgan fingerprint density at radius 2 is 1.74 bits per heavy atom. The second-order valence-electron chi connectivity index (χ2n) is 3.79. The number of sulfonamides is 2. The zero-order valence-corrected chi connectivity index (χ0v) is 12.4. The van der Waals surface area contributed by atoms with Crippen molar-refractivity contribution >= 4 is 52.4 Å². The number of aromatic nitrogens is 2. The molecule has 0 saturated heterocycles. The molecule has 2 aromatic rings. The number of hydrogen-bond donors (Lipinski definition) is 1. The zero-order valence-electron chi connectivity index (χ0n) is 9.93. The Labute approximate surface area is 114 Å². The number of anilines is 2. The molecule has 0 unspecified atom stereocenters. The first kappa shape index (κ1) is 14.0. The summed E-state index contributed by atoms with van der Waals surface area (Å²) in [6.45, 7) is 0. The molecule has 0 bridgehead atoms. The smallest absolute Gasteiger partial charge is 0.246 e. The maximum Gasteiger partial charge on any atom is 0.246 e. The van der Waals surface area contributed by atoms with Crippen LogP contribution in [0, 0.1) is 0 Å². The Kier molecular flexibility index (Phi) is 3.15. The first-order valence-corrected chi connectivity index (χ1v) is 9.32. The predicted molar refractivity (Wildman–Crippen MR) is 74.0 cm³/mol. The first-order chi connectivity index (χ1) is 8.60. The van der Waals surface area contributed by atoms with Crippen LogP contribution in [0.4, 0.5) is 10.8 Å². The second kappa shape index (κ2) is 4.28. The molecule has 0 atom stereocenters. The van der Waals surface area contributed by atoms with Gasteiger partial charge in [0.2, 0.25) is 20.0 Å². The number of nitrogens with zero attached hydrogens (tertiary/aromatic N) is 3. The molecule has 2 N–H and O–H groups in total. The van der Waals surface area contributed by atoms with Crippen LogP contribution in [0.1, 0.15) is 0 Å². The lowest BCUT2D eigenvalue weighted by Gasteiger charge is -2.16. The lowest BCUT2D eigenvalue weighted by Crippen LogP contribution is -2.34. The van der Waals surface area contributed by atoms with Crippen LogP contribution in [0.5, 0.6) is 0 Å². The largest absolute Gasteiger partial charge is 0.383 e. The van der Waals surface area contributed by atoms with E-state index in [1.165, 1.54) is 12.4 Å². The quantitative estimate of drug-likeness (QED) is 0.843. The third-order valence-electron chi connectivity index (χ3n) is 2.13. The van der Waals surface area contributed by atoms with Crippen molar-refractivity contribution in [1.29, 1.82) is 0 Å². The van der Waals surface area contributed by atoms with E-state index >= 15 is 0 Å². The van der Waals surface area contributed by atoms with E-state index in [-0.39, 0.29) is 10.8 Å². The Balaban J connectivity index is 2.75. The van der Waals surface area contributed by atoms with Gasteiger partial charge in [-0.25, -0.2) is 26.8 Å². The minimum Gasteiger partial charge on any atom is -0.383 e. The molecule has 0 amide bonds. The fraction of sp³-hybridized carbons (Fsp3) is 0.250. The van der Waals surface area contributed by atoms with Crippen molar-refractivity contribution in [3.63, 3.8) is 0 Å². The SMILES string of the molecule is CS(=O)(=O)N(c1cc2c(N)ncnc2s1)S(C)(=O)=O. The molecule has 2 heterocycles. The Morgan fingerprint density at radius 1 is 1.16 bits per heavy atom. The second-order valence-corrected chi connectivity index (χ2v) is 8.69. The standard InChI is InChI=1S/C8H10N4O4S3/c1-18(13,14)12(19(2,15)16)6-3-5-7(9)10-4-11-8(5)17-6/h3-4H,1-2H3,(H2,9,10,11). The van der Waals surface area contributed by atoms with Crippen LogP contribution in [-0.4, -0.2) is 39.3 Å². The van der Waals surface area contributed by atoms with Crippen LogP contribution in [0.3, 0.4) is 0 Å². The molecule has 8 nitrogen and oxygen atoms in total. The van der Waals surface area contributed by atoms with E-state index in [4.69, 9.17) is 5.73 Å². The number of fused-ring (bicyclic) bond motifs is 1. The van der Waals surface area contributed by atoms with Crippen molar-refractivity contribution in [2.24, 2.45) is 0 Å². The molecule has 0 aliphatic heterocycles. The van der Waals surface area contributed by atoms with Gasteiger partial charge in [-0.15, -0.1) is 0 Å². The molecule has 0 aliphatic rings. The summed E-state index contributed by atoms with van der Waals surface area (Å²) >= 11 is 0.910. The summed E-state index contributed by atoms with van der Waals surface area (Å²) in [4.78, 5) is 8.10. The zero-order chi connectivity index (χ0) is 14.4. The van der Waals surface area contributed by atoms with Crippen LogP contribution in [0.15, 0.2) is 12.4 Å². The molecule has 0 aliphatic carbocycles. The van der Waals surface area contributed by atoms with E-state index < -0.39 is 20.0 Å². The van der Waals surface area contributed by atoms with Crippen LogP contribution in [0.2, 0.25) is 0 Å². The molecule has 2 rings (SSSR count). The van der Waals surface area contributed by atoms with Crippen molar-refractivity contribution in [2.45, 2.75) is 0 Å². The van der Waals surface area contributed by atoms with E-state index in [2.05, 4.69) is 9.97 Å². The highest BCUT2D eigenvalue weighted by atomic mass is 32.3. The molecule has 0 radical (unpaired) electrons. The number of thiophene rings is 1. The highest BCUT2D eigenvalue weighted by molar-refractivity contribution is 8.09. The molecular formula is C8H10N4O4S3. The summed E-state index contributed by atoms with van der Waals surface area (Å²) < 4.78 is 46.9. The third kappa shape index (κ3) is 2.62. The molecule has 0 saturated carbocycles. The number of rotatable bonds is 3. The predicted octanol–water partition coefficient (Wildman–Crippen LogP) is -0.000900. The molecule has 104 valence electrons. The summed E-state index contributed by atoms with van der Waals surface area (Å²) in [5, 5.41) is 0.423. The van der Waals surface area contributed by atoms with Gasteiger partial charge in [0.1, 0.15) is 22.0 Å². The molecule has 19 heavy (non-hydrogen) atoms. The van der Waals surface area contributed by atoms with Gasteiger partial charge in [0, 0.05) is 0 Å². The van der Waals surface area contributed by atoms with Crippen molar-refractivity contribution < 1.29 is 16.8 Å². The van der Waals surface area contributed by atoms with Gasteiger partial charge in [-0.1, -0.05) is 11.3 Å². The van der Waals surface area contributed by atoms with Crippen LogP contribution >= 0.6 is 11.3 Å². The van der Waals surface area contributed by atoms with Gasteiger partial charge >= 0.3 is 0 Å². The van der Waals surface area contributed by atoms with E-state index in [1.54, 1.807) is 0 Å². The van der Waals surface area contributed by atoms with Gasteiger partial charge in [0.05, 0.1) is 17.9 Å². The third-order valence-corrected chi connectivity index (χ3v) is 6.61. The summed E-state index contributed by atoms with van der Waals surface area (Å²) in [7, 11) is -7.94. The summed E-state index contributed by atoms with van der Waals surface area (Å²) in [5.41, 5.74) is 5.63. The number of nitrogen functional groups attached to an aromatic ring is 1. The topological polar surface area (TPSA) is 123 Å². The van der Waals surface area contributed by atoms with Crippen molar-refractivity contribution in [1.82, 2.24) is 9.97 Å².